The first-order valence-corrected chi connectivity index (χ1v) is 13.5. The van der Waals surface area contributed by atoms with Crippen LogP contribution in [0.5, 0.6) is 0 Å². The lowest BCUT2D eigenvalue weighted by Gasteiger charge is -2.33. The van der Waals surface area contributed by atoms with Gasteiger partial charge in [0, 0.05) is 29.7 Å². The third kappa shape index (κ3) is 5.31. The van der Waals surface area contributed by atoms with Crippen LogP contribution < -0.4 is 10.2 Å². The minimum absolute atomic E-state index is 0.0402. The van der Waals surface area contributed by atoms with Crippen LogP contribution in [-0.4, -0.2) is 41.5 Å². The smallest absolute Gasteiger partial charge is 0.419 e. The maximum atomic E-state index is 14.5. The number of hydrogen-bond donors (Lipinski definition) is 1. The second-order valence-electron chi connectivity index (χ2n) is 9.48. The third-order valence-electron chi connectivity index (χ3n) is 7.26. The molecule has 1 saturated carbocycles. The van der Waals surface area contributed by atoms with Crippen molar-refractivity contribution in [2.24, 2.45) is 11.8 Å². The van der Waals surface area contributed by atoms with E-state index in [1.54, 1.807) is 0 Å². The van der Waals surface area contributed by atoms with Gasteiger partial charge in [-0.25, -0.2) is 14.4 Å². The van der Waals surface area contributed by atoms with Crippen LogP contribution in [0.1, 0.15) is 41.6 Å². The largest absolute Gasteiger partial charge is 0.469 e. The number of anilines is 2. The molecule has 13 heteroatoms. The zero-order valence-corrected chi connectivity index (χ0v) is 22.2. The molecule has 5 rings (SSSR count). The molecule has 0 bridgehead atoms. The lowest BCUT2D eigenvalue weighted by atomic mass is 9.80. The van der Waals surface area contributed by atoms with Crippen molar-refractivity contribution in [3.63, 3.8) is 0 Å². The van der Waals surface area contributed by atoms with Crippen molar-refractivity contribution in [3.05, 3.63) is 57.8 Å². The fourth-order valence-electron chi connectivity index (χ4n) is 5.46. The standard InChI is InChI=1S/C26H23ClF4N4O3S/c1-38-24(37)16-11-35(20-8-3-2-5-14(16)20)22-18(27)9-13(10-32-22)23(36)34-25-33-19(12-39-25)15-6-4-7-17(21(15)28)26(29,30)31/h4,6-7,9-10,12,14,16,20H,2-3,5,8,11H2,1H3,(H,33,34,36)/t14-,16?,20-/m1/s1. The van der Waals surface area contributed by atoms with E-state index in [0.717, 1.165) is 43.1 Å². The Hall–Kier alpha value is -3.25. The molecule has 1 aliphatic carbocycles. The van der Waals surface area contributed by atoms with Gasteiger partial charge in [-0.3, -0.25) is 14.9 Å². The highest BCUT2D eigenvalue weighted by Gasteiger charge is 2.47. The number of carbonyl (C=O) groups is 2. The monoisotopic (exact) mass is 582 g/mol. The first-order chi connectivity index (χ1) is 18.6. The average Bonchev–Trinajstić information content (AvgIpc) is 3.52. The van der Waals surface area contributed by atoms with E-state index in [0.29, 0.717) is 18.4 Å². The number of alkyl halides is 3. The molecule has 1 unspecified atom stereocenters. The Bertz CT molecular complexity index is 1420. The number of halogens is 5. The Morgan fingerprint density at radius 2 is 2.00 bits per heavy atom. The molecule has 1 amide bonds. The number of hydrogen-bond acceptors (Lipinski definition) is 7. The zero-order valence-electron chi connectivity index (χ0n) is 20.6. The van der Waals surface area contributed by atoms with Crippen LogP contribution >= 0.6 is 22.9 Å². The van der Waals surface area contributed by atoms with Gasteiger partial charge in [0.05, 0.1) is 34.9 Å². The molecule has 1 N–H and O–H groups in total. The van der Waals surface area contributed by atoms with E-state index >= 15 is 0 Å². The topological polar surface area (TPSA) is 84.4 Å². The minimum Gasteiger partial charge on any atom is -0.469 e. The second kappa shape index (κ2) is 10.7. The van der Waals surface area contributed by atoms with E-state index in [1.807, 2.05) is 4.90 Å². The molecule has 1 aromatic carbocycles. The van der Waals surface area contributed by atoms with Gasteiger partial charge in [-0.05, 0) is 37.0 Å². The van der Waals surface area contributed by atoms with Gasteiger partial charge in [-0.1, -0.05) is 30.5 Å². The van der Waals surface area contributed by atoms with Gasteiger partial charge < -0.3 is 9.64 Å². The van der Waals surface area contributed by atoms with Crippen molar-refractivity contribution in [2.75, 3.05) is 23.9 Å². The lowest BCUT2D eigenvalue weighted by molar-refractivity contribution is -0.146. The molecule has 3 heterocycles. The van der Waals surface area contributed by atoms with Crippen LogP contribution in [0.2, 0.25) is 5.02 Å². The van der Waals surface area contributed by atoms with Crippen LogP contribution in [0.4, 0.5) is 28.5 Å². The van der Waals surface area contributed by atoms with Crippen molar-refractivity contribution in [3.8, 4) is 11.3 Å². The van der Waals surface area contributed by atoms with Crippen molar-refractivity contribution < 1.29 is 31.9 Å². The van der Waals surface area contributed by atoms with Gasteiger partial charge in [-0.15, -0.1) is 11.3 Å². The molecule has 1 saturated heterocycles. The molecule has 2 fully saturated rings. The molecule has 7 nitrogen and oxygen atoms in total. The SMILES string of the molecule is COC(=O)C1CN(c2ncc(C(=O)Nc3nc(-c4cccc(C(F)(F)F)c4F)cs3)cc2Cl)[C@@H]2CCCC[C@H]12. The molecule has 206 valence electrons. The van der Waals surface area contributed by atoms with Crippen LogP contribution in [0, 0.1) is 17.7 Å². The number of nitrogens with zero attached hydrogens (tertiary/aromatic N) is 3. The summed E-state index contributed by atoms with van der Waals surface area (Å²) in [6.45, 7) is 0.425. The predicted molar refractivity (Wildman–Crippen MR) is 138 cm³/mol. The maximum absolute atomic E-state index is 14.5. The van der Waals surface area contributed by atoms with Crippen LogP contribution in [0.15, 0.2) is 35.8 Å². The Labute approximate surface area is 230 Å². The Kier molecular flexibility index (Phi) is 7.51. The lowest BCUT2D eigenvalue weighted by Crippen LogP contribution is -2.35. The maximum Gasteiger partial charge on any atom is 0.419 e. The number of benzene rings is 1. The predicted octanol–water partition coefficient (Wildman–Crippen LogP) is 6.44. The number of rotatable bonds is 5. The third-order valence-corrected chi connectivity index (χ3v) is 8.29. The van der Waals surface area contributed by atoms with E-state index in [9.17, 15) is 27.2 Å². The number of aromatic nitrogens is 2. The van der Waals surface area contributed by atoms with Gasteiger partial charge in [0.1, 0.15) is 11.6 Å². The average molecular weight is 583 g/mol. The highest BCUT2D eigenvalue weighted by atomic mass is 35.5. The van der Waals surface area contributed by atoms with Crippen LogP contribution in [0.25, 0.3) is 11.3 Å². The molecule has 2 aliphatic rings. The molecule has 3 atom stereocenters. The summed E-state index contributed by atoms with van der Waals surface area (Å²) in [5.74, 6) is -1.93. The number of nitrogens with one attached hydrogen (secondary N) is 1. The molecular weight excluding hydrogens is 560 g/mol. The van der Waals surface area contributed by atoms with E-state index in [4.69, 9.17) is 16.3 Å². The van der Waals surface area contributed by atoms with E-state index in [1.165, 1.54) is 30.8 Å². The number of fused-ring (bicyclic) bond motifs is 1. The van der Waals surface area contributed by atoms with Crippen molar-refractivity contribution in [1.82, 2.24) is 9.97 Å². The zero-order chi connectivity index (χ0) is 27.9. The number of pyridine rings is 1. The fraction of sp³-hybridized carbons (Fsp3) is 0.385. The summed E-state index contributed by atoms with van der Waals surface area (Å²) >= 11 is 7.49. The van der Waals surface area contributed by atoms with Gasteiger partial charge in [0.25, 0.3) is 5.91 Å². The number of methoxy groups -OCH3 is 1. The highest BCUT2D eigenvalue weighted by Crippen LogP contribution is 2.44. The van der Waals surface area contributed by atoms with Crippen molar-refractivity contribution in [1.29, 1.82) is 0 Å². The van der Waals surface area contributed by atoms with E-state index in [-0.39, 0.29) is 50.8 Å². The first kappa shape index (κ1) is 27.3. The summed E-state index contributed by atoms with van der Waals surface area (Å²) in [6.07, 6.45) is 0.404. The normalized spacial score (nSPS) is 21.0. The molecule has 1 aliphatic heterocycles. The van der Waals surface area contributed by atoms with Gasteiger partial charge in [0.15, 0.2) is 5.13 Å². The Morgan fingerprint density at radius 3 is 2.72 bits per heavy atom. The quantitative estimate of drug-likeness (QED) is 0.275. The number of carbonyl (C=O) groups excluding carboxylic acids is 2. The minimum atomic E-state index is -4.85. The molecule has 0 spiro atoms. The van der Waals surface area contributed by atoms with Crippen molar-refractivity contribution >= 4 is 45.8 Å². The first-order valence-electron chi connectivity index (χ1n) is 12.2. The Morgan fingerprint density at radius 1 is 1.23 bits per heavy atom. The number of ether oxygens (including phenoxy) is 1. The summed E-state index contributed by atoms with van der Waals surface area (Å²) in [7, 11) is 1.38. The van der Waals surface area contributed by atoms with E-state index in [2.05, 4.69) is 15.3 Å². The van der Waals surface area contributed by atoms with E-state index < -0.39 is 23.5 Å². The molecule has 0 radical (unpaired) electrons. The molecule has 39 heavy (non-hydrogen) atoms. The highest BCUT2D eigenvalue weighted by molar-refractivity contribution is 7.14. The number of amides is 1. The summed E-state index contributed by atoms with van der Waals surface area (Å²) in [5, 5.41) is 4.22. The number of esters is 1. The Balaban J connectivity index is 1.33. The van der Waals surface area contributed by atoms with Crippen LogP contribution in [0.3, 0.4) is 0 Å². The van der Waals surface area contributed by atoms with Gasteiger partial charge in [-0.2, -0.15) is 13.2 Å². The van der Waals surface area contributed by atoms with Crippen LogP contribution in [-0.2, 0) is 15.7 Å². The van der Waals surface area contributed by atoms with Gasteiger partial charge in [0.2, 0.25) is 0 Å². The van der Waals surface area contributed by atoms with Gasteiger partial charge >= 0.3 is 12.1 Å². The molecule has 2 aromatic heterocycles. The fourth-order valence-corrected chi connectivity index (χ4v) is 6.44. The summed E-state index contributed by atoms with van der Waals surface area (Å²) in [6, 6.07) is 4.49. The molecular formula is C26H23ClF4N4O3S. The van der Waals surface area contributed by atoms with Crippen molar-refractivity contribution in [2.45, 2.75) is 37.9 Å². The summed E-state index contributed by atoms with van der Waals surface area (Å²) < 4.78 is 58.7. The number of thiazole rings is 1. The summed E-state index contributed by atoms with van der Waals surface area (Å²) in [5.41, 5.74) is -1.63. The molecule has 3 aromatic rings. The second-order valence-corrected chi connectivity index (χ2v) is 10.7. The summed E-state index contributed by atoms with van der Waals surface area (Å²) in [4.78, 5) is 35.8.